The molecule has 0 amide bonds. The molecule has 1 aromatic heterocycles. The second-order valence-corrected chi connectivity index (χ2v) is 6.53. The zero-order valence-electron chi connectivity index (χ0n) is 10.2. The van der Waals surface area contributed by atoms with Crippen molar-refractivity contribution in [3.05, 3.63) is 5.82 Å². The molecule has 4 nitrogen and oxygen atoms in total. The Morgan fingerprint density at radius 1 is 1.44 bits per heavy atom. The molecule has 0 radical (unpaired) electrons. The minimum Gasteiger partial charge on any atom is -0.358 e. The fraction of sp³-hybridized carbons (Fsp3) is 0.800. The first-order chi connectivity index (χ1) is 7.49. The van der Waals surface area contributed by atoms with E-state index in [-0.39, 0.29) is 6.04 Å². The van der Waals surface area contributed by atoms with Gasteiger partial charge in [-0.25, -0.2) is 4.98 Å². The summed E-state index contributed by atoms with van der Waals surface area (Å²) in [5, 5.41) is 4.14. The summed E-state index contributed by atoms with van der Waals surface area (Å²) in [6, 6.07) is 0.289. The van der Waals surface area contributed by atoms with E-state index >= 15 is 0 Å². The fourth-order valence-corrected chi connectivity index (χ4v) is 2.66. The zero-order chi connectivity index (χ0) is 12.1. The van der Waals surface area contributed by atoms with Crippen LogP contribution in [0.25, 0.3) is 0 Å². The summed E-state index contributed by atoms with van der Waals surface area (Å²) < 4.78 is 15.2. The van der Waals surface area contributed by atoms with Crippen molar-refractivity contribution in [1.82, 2.24) is 9.36 Å². The van der Waals surface area contributed by atoms with E-state index < -0.39 is 10.8 Å². The van der Waals surface area contributed by atoms with E-state index in [4.69, 9.17) is 0 Å². The lowest BCUT2D eigenvalue weighted by Crippen LogP contribution is -2.17. The molecule has 16 heavy (non-hydrogen) atoms. The Balaban J connectivity index is 2.43. The lowest BCUT2D eigenvalue weighted by atomic mass is 10.2. The topological polar surface area (TPSA) is 54.9 Å². The van der Waals surface area contributed by atoms with Crippen LogP contribution in [0.2, 0.25) is 0 Å². The highest BCUT2D eigenvalue weighted by Gasteiger charge is 2.10. The molecule has 1 N–H and O–H groups in total. The van der Waals surface area contributed by atoms with Gasteiger partial charge >= 0.3 is 0 Å². The maximum atomic E-state index is 11.0. The third-order valence-electron chi connectivity index (χ3n) is 2.17. The largest absolute Gasteiger partial charge is 0.358 e. The molecule has 0 aromatic carbocycles. The number of hydrogen-bond donors (Lipinski definition) is 1. The molecule has 2 unspecified atom stereocenters. The standard InChI is InChI=1S/C10H19N3OS2/c1-7(2)9-12-10(15-13-9)11-8(3)5-6-16(4)14/h7-8H,5-6H2,1-4H3,(H,11,12,13). The van der Waals surface area contributed by atoms with E-state index in [9.17, 15) is 4.21 Å². The van der Waals surface area contributed by atoms with Crippen LogP contribution in [0.3, 0.4) is 0 Å². The summed E-state index contributed by atoms with van der Waals surface area (Å²) in [6.45, 7) is 6.23. The quantitative estimate of drug-likeness (QED) is 0.853. The van der Waals surface area contributed by atoms with Gasteiger partial charge in [-0.1, -0.05) is 13.8 Å². The maximum absolute atomic E-state index is 11.0. The molecule has 92 valence electrons. The third kappa shape index (κ3) is 4.57. The number of aromatic nitrogens is 2. The molecule has 1 aromatic rings. The lowest BCUT2D eigenvalue weighted by Gasteiger charge is -2.10. The summed E-state index contributed by atoms with van der Waals surface area (Å²) in [7, 11) is -0.719. The first-order valence-corrected chi connectivity index (χ1v) is 7.89. The Hall–Kier alpha value is -0.490. The Morgan fingerprint density at radius 2 is 2.12 bits per heavy atom. The smallest absolute Gasteiger partial charge is 0.202 e. The zero-order valence-corrected chi connectivity index (χ0v) is 11.8. The Kier molecular flexibility index (Phi) is 5.34. The van der Waals surface area contributed by atoms with Crippen molar-refractivity contribution < 1.29 is 4.21 Å². The summed E-state index contributed by atoms with van der Waals surface area (Å²) in [5.74, 6) is 1.98. The van der Waals surface area contributed by atoms with Gasteiger partial charge in [-0.2, -0.15) is 4.37 Å². The molecule has 0 spiro atoms. The molecular weight excluding hydrogens is 242 g/mol. The van der Waals surface area contributed by atoms with Crippen LogP contribution in [0.15, 0.2) is 0 Å². The second kappa shape index (κ2) is 6.30. The van der Waals surface area contributed by atoms with E-state index in [0.29, 0.717) is 5.92 Å². The molecule has 1 rings (SSSR count). The molecule has 0 aliphatic heterocycles. The summed E-state index contributed by atoms with van der Waals surface area (Å²) in [6.07, 6.45) is 2.62. The SMILES string of the molecule is CC(CCS(C)=O)Nc1nc(C(C)C)ns1. The lowest BCUT2D eigenvalue weighted by molar-refractivity contribution is 0.678. The van der Waals surface area contributed by atoms with E-state index in [1.807, 2.05) is 0 Å². The summed E-state index contributed by atoms with van der Waals surface area (Å²) in [4.78, 5) is 4.40. The number of nitrogens with one attached hydrogen (secondary N) is 1. The average Bonchev–Trinajstić information content (AvgIpc) is 2.63. The van der Waals surface area contributed by atoms with Crippen LogP contribution in [0.1, 0.15) is 38.9 Å². The molecule has 0 saturated carbocycles. The van der Waals surface area contributed by atoms with Crippen molar-refractivity contribution in [3.8, 4) is 0 Å². The first-order valence-electron chi connectivity index (χ1n) is 5.39. The molecule has 0 bridgehead atoms. The minimum atomic E-state index is -0.719. The summed E-state index contributed by atoms with van der Waals surface area (Å²) in [5.41, 5.74) is 0. The minimum absolute atomic E-state index is 0.289. The fourth-order valence-electron chi connectivity index (χ4n) is 1.15. The Bertz CT molecular complexity index is 352. The molecule has 0 aliphatic carbocycles. The van der Waals surface area contributed by atoms with Gasteiger partial charge in [-0.05, 0) is 13.3 Å². The van der Waals surface area contributed by atoms with E-state index in [2.05, 4.69) is 35.4 Å². The molecule has 0 saturated heterocycles. The van der Waals surface area contributed by atoms with E-state index in [1.54, 1.807) is 6.26 Å². The summed E-state index contributed by atoms with van der Waals surface area (Å²) >= 11 is 1.39. The normalized spacial score (nSPS) is 15.1. The van der Waals surface area contributed by atoms with Crippen LogP contribution in [0.5, 0.6) is 0 Å². The van der Waals surface area contributed by atoms with Crippen molar-refractivity contribution in [2.45, 2.75) is 39.2 Å². The molecule has 0 aliphatic rings. The van der Waals surface area contributed by atoms with Gasteiger partial charge in [0.1, 0.15) is 5.82 Å². The van der Waals surface area contributed by atoms with Crippen LogP contribution >= 0.6 is 11.5 Å². The first kappa shape index (κ1) is 13.6. The molecule has 6 heteroatoms. The molecular formula is C10H19N3OS2. The highest BCUT2D eigenvalue weighted by atomic mass is 32.2. The number of hydrogen-bond acceptors (Lipinski definition) is 5. The van der Waals surface area contributed by atoms with Crippen LogP contribution < -0.4 is 5.32 Å². The monoisotopic (exact) mass is 261 g/mol. The van der Waals surface area contributed by atoms with Crippen molar-refractivity contribution in [2.24, 2.45) is 0 Å². The predicted molar refractivity (Wildman–Crippen MR) is 70.6 cm³/mol. The van der Waals surface area contributed by atoms with Gasteiger partial charge in [0.05, 0.1) is 0 Å². The molecule has 1 heterocycles. The van der Waals surface area contributed by atoms with Gasteiger partial charge in [0.2, 0.25) is 5.13 Å². The van der Waals surface area contributed by atoms with Crippen LogP contribution in [-0.4, -0.2) is 31.6 Å². The van der Waals surface area contributed by atoms with Crippen LogP contribution in [0.4, 0.5) is 5.13 Å². The van der Waals surface area contributed by atoms with Crippen LogP contribution in [-0.2, 0) is 10.8 Å². The maximum Gasteiger partial charge on any atom is 0.202 e. The van der Waals surface area contributed by atoms with Crippen molar-refractivity contribution in [3.63, 3.8) is 0 Å². The van der Waals surface area contributed by atoms with E-state index in [0.717, 1.165) is 23.1 Å². The van der Waals surface area contributed by atoms with Gasteiger partial charge in [-0.15, -0.1) is 0 Å². The number of rotatable bonds is 6. The van der Waals surface area contributed by atoms with Gasteiger partial charge in [-0.3, -0.25) is 4.21 Å². The second-order valence-electron chi connectivity index (χ2n) is 4.22. The van der Waals surface area contributed by atoms with Crippen molar-refractivity contribution >= 4 is 27.5 Å². The number of anilines is 1. The van der Waals surface area contributed by atoms with Gasteiger partial charge in [0, 0.05) is 46.3 Å². The highest BCUT2D eigenvalue weighted by molar-refractivity contribution is 7.84. The average molecular weight is 261 g/mol. The van der Waals surface area contributed by atoms with Crippen LogP contribution in [0, 0.1) is 0 Å². The van der Waals surface area contributed by atoms with Gasteiger partial charge < -0.3 is 5.32 Å². The van der Waals surface area contributed by atoms with E-state index in [1.165, 1.54) is 11.5 Å². The van der Waals surface area contributed by atoms with Gasteiger partial charge in [0.15, 0.2) is 0 Å². The van der Waals surface area contributed by atoms with Gasteiger partial charge in [0.25, 0.3) is 0 Å². The predicted octanol–water partition coefficient (Wildman–Crippen LogP) is 2.23. The molecule has 2 atom stereocenters. The third-order valence-corrected chi connectivity index (χ3v) is 3.64. The van der Waals surface area contributed by atoms with Crippen molar-refractivity contribution in [1.29, 1.82) is 0 Å². The van der Waals surface area contributed by atoms with Crippen molar-refractivity contribution in [2.75, 3.05) is 17.3 Å². The Labute approximate surface area is 103 Å². The molecule has 0 fully saturated rings. The highest BCUT2D eigenvalue weighted by Crippen LogP contribution is 2.18. The number of nitrogens with zero attached hydrogens (tertiary/aromatic N) is 2. The Morgan fingerprint density at radius 3 is 2.62 bits per heavy atom.